The Morgan fingerprint density at radius 1 is 0.818 bits per heavy atom. The van der Waals surface area contributed by atoms with E-state index >= 15 is 0 Å². The van der Waals surface area contributed by atoms with E-state index in [1.165, 1.54) is 24.3 Å². The van der Waals surface area contributed by atoms with Gasteiger partial charge < -0.3 is 5.11 Å². The van der Waals surface area contributed by atoms with Crippen molar-refractivity contribution in [3.63, 3.8) is 0 Å². The quantitative estimate of drug-likeness (QED) is 0.701. The summed E-state index contributed by atoms with van der Waals surface area (Å²) in [5, 5.41) is 8.78. The van der Waals surface area contributed by atoms with Crippen LogP contribution in [0.25, 0.3) is 0 Å². The van der Waals surface area contributed by atoms with Crippen molar-refractivity contribution in [2.75, 3.05) is 0 Å². The smallest absolute Gasteiger partial charge is 0.341 e. The highest BCUT2D eigenvalue weighted by Gasteiger charge is 2.39. The molecule has 0 radical (unpaired) electrons. The highest BCUT2D eigenvalue weighted by Crippen LogP contribution is 2.33. The lowest BCUT2D eigenvalue weighted by atomic mass is 9.82. The predicted octanol–water partition coefficient (Wildman–Crippen LogP) is 2.58. The van der Waals surface area contributed by atoms with E-state index in [1.54, 1.807) is 0 Å². The standard InChI is InChI=1S/C15H5F3O4/c16-10-7-8(11(17)12(18)9(10)15(21)22)14(20)6-4-2-1-3-5(6)13(7)19/h1-4H,(H,21,22). The van der Waals surface area contributed by atoms with Crippen molar-refractivity contribution in [2.24, 2.45) is 0 Å². The molecule has 0 aliphatic heterocycles. The molecule has 0 atom stereocenters. The fraction of sp³-hybridized carbons (Fsp3) is 0. The van der Waals surface area contributed by atoms with Crippen LogP contribution < -0.4 is 0 Å². The molecule has 3 rings (SSSR count). The fourth-order valence-electron chi connectivity index (χ4n) is 2.42. The van der Waals surface area contributed by atoms with Crippen LogP contribution in [0.15, 0.2) is 24.3 Å². The first-order chi connectivity index (χ1) is 10.4. The van der Waals surface area contributed by atoms with Crippen molar-refractivity contribution in [2.45, 2.75) is 0 Å². The molecule has 0 bridgehead atoms. The zero-order chi connectivity index (χ0) is 16.2. The van der Waals surface area contributed by atoms with Crippen LogP contribution in [0.4, 0.5) is 13.2 Å². The molecule has 1 N–H and O–H groups in total. The highest BCUT2D eigenvalue weighted by atomic mass is 19.2. The minimum atomic E-state index is -2.07. The summed E-state index contributed by atoms with van der Waals surface area (Å²) in [6.07, 6.45) is 0. The monoisotopic (exact) mass is 306 g/mol. The Morgan fingerprint density at radius 2 is 1.27 bits per heavy atom. The van der Waals surface area contributed by atoms with Gasteiger partial charge in [0.05, 0.1) is 11.1 Å². The van der Waals surface area contributed by atoms with E-state index in [0.717, 1.165) is 0 Å². The lowest BCUT2D eigenvalue weighted by Crippen LogP contribution is -2.26. The average Bonchev–Trinajstić information content (AvgIpc) is 2.48. The molecule has 110 valence electrons. The Kier molecular flexibility index (Phi) is 2.88. The number of ketones is 2. The molecule has 7 heteroatoms. The zero-order valence-electron chi connectivity index (χ0n) is 10.6. The molecule has 0 saturated heterocycles. The molecule has 0 amide bonds. The number of carbonyl (C=O) groups is 3. The van der Waals surface area contributed by atoms with Crippen LogP contribution in [0.5, 0.6) is 0 Å². The molecule has 0 heterocycles. The molecule has 4 nitrogen and oxygen atoms in total. The van der Waals surface area contributed by atoms with Crippen molar-refractivity contribution >= 4 is 17.5 Å². The van der Waals surface area contributed by atoms with Gasteiger partial charge in [0.25, 0.3) is 0 Å². The summed E-state index contributed by atoms with van der Waals surface area (Å²) in [5.74, 6) is -9.82. The maximum absolute atomic E-state index is 14.2. The van der Waals surface area contributed by atoms with Crippen LogP contribution in [-0.4, -0.2) is 22.6 Å². The van der Waals surface area contributed by atoms with E-state index in [-0.39, 0.29) is 11.1 Å². The number of fused-ring (bicyclic) bond motifs is 2. The first kappa shape index (κ1) is 14.0. The molecule has 22 heavy (non-hydrogen) atoms. The van der Waals surface area contributed by atoms with Gasteiger partial charge in [-0.1, -0.05) is 24.3 Å². The lowest BCUT2D eigenvalue weighted by molar-refractivity contribution is 0.0684. The van der Waals surface area contributed by atoms with Gasteiger partial charge in [0, 0.05) is 11.1 Å². The molecule has 0 fully saturated rings. The molecular weight excluding hydrogens is 301 g/mol. The fourth-order valence-corrected chi connectivity index (χ4v) is 2.42. The Hall–Kier alpha value is -2.96. The van der Waals surface area contributed by atoms with Crippen LogP contribution in [0.3, 0.4) is 0 Å². The Labute approximate surface area is 120 Å². The number of halogens is 3. The topological polar surface area (TPSA) is 71.4 Å². The largest absolute Gasteiger partial charge is 0.477 e. The van der Waals surface area contributed by atoms with E-state index in [9.17, 15) is 27.6 Å². The predicted molar refractivity (Wildman–Crippen MR) is 66.6 cm³/mol. The van der Waals surface area contributed by atoms with E-state index < -0.39 is 51.7 Å². The molecule has 1 aliphatic carbocycles. The van der Waals surface area contributed by atoms with E-state index in [4.69, 9.17) is 5.11 Å². The van der Waals surface area contributed by atoms with Crippen molar-refractivity contribution in [3.8, 4) is 0 Å². The summed E-state index contributed by atoms with van der Waals surface area (Å²) >= 11 is 0. The maximum Gasteiger partial charge on any atom is 0.341 e. The van der Waals surface area contributed by atoms with Gasteiger partial charge in [-0.2, -0.15) is 0 Å². The summed E-state index contributed by atoms with van der Waals surface area (Å²) in [7, 11) is 0. The average molecular weight is 306 g/mol. The summed E-state index contributed by atoms with van der Waals surface area (Å²) in [4.78, 5) is 35.3. The minimum Gasteiger partial charge on any atom is -0.477 e. The maximum atomic E-state index is 14.2. The SMILES string of the molecule is O=C(O)c1c(F)c(F)c2c(c1F)C(=O)c1ccccc1C2=O. The van der Waals surface area contributed by atoms with Gasteiger partial charge in [-0.3, -0.25) is 9.59 Å². The van der Waals surface area contributed by atoms with Gasteiger partial charge in [0.2, 0.25) is 0 Å². The lowest BCUT2D eigenvalue weighted by Gasteiger charge is -2.19. The second-order valence-electron chi connectivity index (χ2n) is 4.58. The van der Waals surface area contributed by atoms with Crippen LogP contribution in [0.2, 0.25) is 0 Å². The molecule has 0 saturated carbocycles. The second kappa shape index (κ2) is 4.52. The van der Waals surface area contributed by atoms with E-state index in [0.29, 0.717) is 0 Å². The van der Waals surface area contributed by atoms with Crippen molar-refractivity contribution in [1.82, 2.24) is 0 Å². The third-order valence-electron chi connectivity index (χ3n) is 3.40. The highest BCUT2D eigenvalue weighted by molar-refractivity contribution is 6.29. The Balaban J connectivity index is 2.46. The number of carboxylic acid groups (broad SMARTS) is 1. The number of rotatable bonds is 1. The second-order valence-corrected chi connectivity index (χ2v) is 4.58. The number of hydrogen-bond acceptors (Lipinski definition) is 3. The molecule has 1 aliphatic rings. The molecule has 0 spiro atoms. The molecule has 0 aromatic heterocycles. The summed E-state index contributed by atoms with van der Waals surface area (Å²) in [5.41, 5.74) is -4.12. The third-order valence-corrected chi connectivity index (χ3v) is 3.40. The van der Waals surface area contributed by atoms with Crippen molar-refractivity contribution in [3.05, 3.63) is 69.5 Å². The normalized spacial score (nSPS) is 12.9. The van der Waals surface area contributed by atoms with E-state index in [2.05, 4.69) is 0 Å². The first-order valence-electron chi connectivity index (χ1n) is 5.98. The van der Waals surface area contributed by atoms with Crippen molar-refractivity contribution < 1.29 is 32.7 Å². The number of carbonyl (C=O) groups excluding carboxylic acids is 2. The molecule has 2 aromatic carbocycles. The number of hydrogen-bond donors (Lipinski definition) is 1. The Morgan fingerprint density at radius 3 is 1.73 bits per heavy atom. The number of aromatic carboxylic acids is 1. The van der Waals surface area contributed by atoms with Gasteiger partial charge in [-0.05, 0) is 0 Å². The Bertz CT molecular complexity index is 887. The van der Waals surface area contributed by atoms with Gasteiger partial charge in [-0.25, -0.2) is 18.0 Å². The van der Waals surface area contributed by atoms with Gasteiger partial charge in [-0.15, -0.1) is 0 Å². The summed E-state index contributed by atoms with van der Waals surface area (Å²) < 4.78 is 41.9. The number of carboxylic acids is 1. The van der Waals surface area contributed by atoms with Gasteiger partial charge >= 0.3 is 5.97 Å². The van der Waals surface area contributed by atoms with Crippen LogP contribution >= 0.6 is 0 Å². The molecular formula is C15H5F3O4. The minimum absolute atomic E-state index is 0.193. The van der Waals surface area contributed by atoms with Gasteiger partial charge in [0.1, 0.15) is 5.56 Å². The number of benzene rings is 2. The summed E-state index contributed by atoms with van der Waals surface area (Å²) in [6.45, 7) is 0. The van der Waals surface area contributed by atoms with Crippen molar-refractivity contribution in [1.29, 1.82) is 0 Å². The molecule has 2 aromatic rings. The third kappa shape index (κ3) is 1.62. The van der Waals surface area contributed by atoms with Crippen LogP contribution in [0.1, 0.15) is 42.2 Å². The first-order valence-corrected chi connectivity index (χ1v) is 5.98. The molecule has 0 unspecified atom stereocenters. The van der Waals surface area contributed by atoms with Crippen LogP contribution in [0, 0.1) is 17.5 Å². The zero-order valence-corrected chi connectivity index (χ0v) is 10.6. The summed E-state index contributed by atoms with van der Waals surface area (Å²) in [6, 6.07) is 5.26. The van der Waals surface area contributed by atoms with E-state index in [1.807, 2.05) is 0 Å². The van der Waals surface area contributed by atoms with Crippen LogP contribution in [-0.2, 0) is 0 Å². The van der Waals surface area contributed by atoms with Gasteiger partial charge in [0.15, 0.2) is 29.0 Å².